The van der Waals surface area contributed by atoms with Crippen LogP contribution in [-0.4, -0.2) is 26.3 Å². The van der Waals surface area contributed by atoms with E-state index in [1.165, 1.54) is 0 Å². The molecule has 1 aromatic carbocycles. The molecule has 4 heteroatoms. The number of rotatable bonds is 4. The average molecular weight is 261 g/mol. The Kier molecular flexibility index (Phi) is 3.89. The quantitative estimate of drug-likeness (QED) is 0.911. The Morgan fingerprint density at radius 1 is 1.17 bits per heavy atom. The molecule has 0 saturated carbocycles. The molecule has 1 aromatic heterocycles. The van der Waals surface area contributed by atoms with Gasteiger partial charge < -0.3 is 5.11 Å². The van der Waals surface area contributed by atoms with Gasteiger partial charge in [0.05, 0.1) is 5.75 Å². The van der Waals surface area contributed by atoms with Crippen molar-refractivity contribution < 1.29 is 9.32 Å². The van der Waals surface area contributed by atoms with Crippen LogP contribution in [0.2, 0.25) is 0 Å². The maximum absolute atomic E-state index is 11.5. The minimum absolute atomic E-state index is 0.155. The van der Waals surface area contributed by atoms with Crippen molar-refractivity contribution in [2.45, 2.75) is 5.60 Å². The van der Waals surface area contributed by atoms with Gasteiger partial charge in [-0.2, -0.15) is 0 Å². The lowest BCUT2D eigenvalue weighted by Gasteiger charge is -2.28. The summed E-state index contributed by atoms with van der Waals surface area (Å²) < 4.78 is 11.5. The third kappa shape index (κ3) is 2.66. The molecule has 2 atom stereocenters. The molecule has 1 N–H and O–H groups in total. The van der Waals surface area contributed by atoms with Crippen LogP contribution in [0.25, 0.3) is 0 Å². The summed E-state index contributed by atoms with van der Waals surface area (Å²) in [6.45, 7) is 0. The van der Waals surface area contributed by atoms with Gasteiger partial charge in [0.1, 0.15) is 5.60 Å². The molecule has 3 nitrogen and oxygen atoms in total. The Morgan fingerprint density at radius 3 is 2.39 bits per heavy atom. The number of aliphatic hydroxyl groups is 1. The zero-order valence-electron chi connectivity index (χ0n) is 10.1. The van der Waals surface area contributed by atoms with Gasteiger partial charge in [-0.05, 0) is 11.6 Å². The van der Waals surface area contributed by atoms with E-state index in [-0.39, 0.29) is 5.75 Å². The third-order valence-electron chi connectivity index (χ3n) is 2.80. The summed E-state index contributed by atoms with van der Waals surface area (Å²) in [4.78, 5) is 4.02. The molecule has 1 heterocycles. The second kappa shape index (κ2) is 5.42. The highest BCUT2D eigenvalue weighted by Gasteiger charge is 2.32. The lowest BCUT2D eigenvalue weighted by atomic mass is 9.89. The van der Waals surface area contributed by atoms with Crippen molar-refractivity contribution in [3.63, 3.8) is 0 Å². The summed E-state index contributed by atoms with van der Waals surface area (Å²) >= 11 is 0. The van der Waals surface area contributed by atoms with Crippen LogP contribution in [0.5, 0.6) is 0 Å². The molecule has 2 aromatic rings. The third-order valence-corrected chi connectivity index (χ3v) is 3.63. The molecule has 0 spiro atoms. The normalized spacial score (nSPS) is 15.9. The smallest absolute Gasteiger partial charge is 0.128 e. The zero-order chi connectivity index (χ0) is 13.0. The maximum atomic E-state index is 11.5. The predicted octanol–water partition coefficient (Wildman–Crippen LogP) is 1.70. The fourth-order valence-electron chi connectivity index (χ4n) is 1.95. The highest BCUT2D eigenvalue weighted by atomic mass is 32.2. The molecular weight excluding hydrogens is 246 g/mol. The summed E-state index contributed by atoms with van der Waals surface area (Å²) in [6.07, 6.45) is 4.85. The molecule has 0 bridgehead atoms. The van der Waals surface area contributed by atoms with E-state index in [9.17, 15) is 9.32 Å². The van der Waals surface area contributed by atoms with Crippen molar-refractivity contribution in [3.8, 4) is 0 Å². The van der Waals surface area contributed by atoms with Crippen LogP contribution in [0.1, 0.15) is 11.1 Å². The molecule has 0 fully saturated rings. The first-order chi connectivity index (χ1) is 8.63. The molecule has 0 aliphatic rings. The summed E-state index contributed by atoms with van der Waals surface area (Å²) in [6, 6.07) is 12.8. The van der Waals surface area contributed by atoms with Gasteiger partial charge in [0.15, 0.2) is 0 Å². The number of pyridine rings is 1. The fraction of sp³-hybridized carbons (Fsp3) is 0.214. The molecule has 0 radical (unpaired) electrons. The van der Waals surface area contributed by atoms with Gasteiger partial charge in [-0.15, -0.1) is 0 Å². The Balaban J connectivity index is 2.51. The molecule has 0 aliphatic heterocycles. The number of nitrogens with zero attached hydrogens (tertiary/aromatic N) is 1. The van der Waals surface area contributed by atoms with Crippen molar-refractivity contribution in [2.75, 3.05) is 12.0 Å². The van der Waals surface area contributed by atoms with Crippen LogP contribution >= 0.6 is 0 Å². The molecular formula is C14H15NO2S. The number of aromatic nitrogens is 1. The Labute approximate surface area is 109 Å². The molecule has 2 rings (SSSR count). The number of hydrogen-bond acceptors (Lipinski definition) is 3. The second-order valence-corrected chi connectivity index (χ2v) is 5.62. The SMILES string of the molecule is C[S@](=O)C[C@@](O)(c1ccccc1)c1cccnc1. The lowest BCUT2D eigenvalue weighted by Crippen LogP contribution is -2.33. The first-order valence-corrected chi connectivity index (χ1v) is 7.34. The van der Waals surface area contributed by atoms with E-state index < -0.39 is 16.4 Å². The van der Waals surface area contributed by atoms with Crippen molar-refractivity contribution in [2.24, 2.45) is 0 Å². The van der Waals surface area contributed by atoms with Crippen molar-refractivity contribution in [1.82, 2.24) is 4.98 Å². The van der Waals surface area contributed by atoms with Crippen LogP contribution < -0.4 is 0 Å². The summed E-state index contributed by atoms with van der Waals surface area (Å²) in [5, 5.41) is 10.9. The molecule has 18 heavy (non-hydrogen) atoms. The minimum atomic E-state index is -1.25. The van der Waals surface area contributed by atoms with Crippen molar-refractivity contribution in [3.05, 3.63) is 66.0 Å². The van der Waals surface area contributed by atoms with E-state index >= 15 is 0 Å². The largest absolute Gasteiger partial charge is 0.379 e. The van der Waals surface area contributed by atoms with E-state index in [0.29, 0.717) is 5.56 Å². The fourth-order valence-corrected chi connectivity index (χ4v) is 2.87. The van der Waals surface area contributed by atoms with Crippen LogP contribution in [0.3, 0.4) is 0 Å². The van der Waals surface area contributed by atoms with E-state index in [1.54, 1.807) is 30.8 Å². The van der Waals surface area contributed by atoms with Crippen molar-refractivity contribution >= 4 is 10.8 Å². The Hall–Kier alpha value is -1.52. The Morgan fingerprint density at radius 2 is 1.83 bits per heavy atom. The van der Waals surface area contributed by atoms with Crippen molar-refractivity contribution in [1.29, 1.82) is 0 Å². The van der Waals surface area contributed by atoms with Gasteiger partial charge in [-0.1, -0.05) is 36.4 Å². The lowest BCUT2D eigenvalue weighted by molar-refractivity contribution is 0.106. The topological polar surface area (TPSA) is 50.2 Å². The van der Waals surface area contributed by atoms with Crippen LogP contribution in [0.4, 0.5) is 0 Å². The van der Waals surface area contributed by atoms with Gasteiger partial charge >= 0.3 is 0 Å². The summed E-state index contributed by atoms with van der Waals surface area (Å²) in [7, 11) is -1.11. The Bertz CT molecular complexity index is 489. The molecule has 0 amide bonds. The first-order valence-electron chi connectivity index (χ1n) is 5.61. The van der Waals surface area contributed by atoms with Gasteiger partial charge in [-0.25, -0.2) is 0 Å². The standard InChI is InChI=1S/C14H15NO2S/c1-18(17)11-14(16,12-6-3-2-4-7-12)13-8-5-9-15-10-13/h2-10,16H,11H2,1H3/t14-,18+/m1/s1. The first kappa shape index (κ1) is 12.9. The average Bonchev–Trinajstić information content (AvgIpc) is 2.40. The molecule has 0 saturated heterocycles. The van der Waals surface area contributed by atoms with Gasteiger partial charge in [0, 0.05) is 35.0 Å². The van der Waals surface area contributed by atoms with E-state index in [2.05, 4.69) is 4.98 Å². The zero-order valence-corrected chi connectivity index (χ0v) is 10.9. The predicted molar refractivity (Wildman–Crippen MR) is 72.6 cm³/mol. The molecule has 0 aliphatic carbocycles. The van der Waals surface area contributed by atoms with E-state index in [4.69, 9.17) is 0 Å². The van der Waals surface area contributed by atoms with E-state index in [0.717, 1.165) is 5.56 Å². The highest BCUT2D eigenvalue weighted by molar-refractivity contribution is 7.84. The second-order valence-electron chi connectivity index (χ2n) is 4.19. The van der Waals surface area contributed by atoms with Crippen LogP contribution in [0, 0.1) is 0 Å². The monoisotopic (exact) mass is 261 g/mol. The maximum Gasteiger partial charge on any atom is 0.128 e. The van der Waals surface area contributed by atoms with Gasteiger partial charge in [0.25, 0.3) is 0 Å². The van der Waals surface area contributed by atoms with Crippen LogP contribution in [-0.2, 0) is 16.4 Å². The molecule has 0 unspecified atom stereocenters. The van der Waals surface area contributed by atoms with E-state index in [1.807, 2.05) is 30.3 Å². The summed E-state index contributed by atoms with van der Waals surface area (Å²) in [5.41, 5.74) is 0.134. The van der Waals surface area contributed by atoms with Gasteiger partial charge in [0.2, 0.25) is 0 Å². The number of hydrogen-bond donors (Lipinski definition) is 1. The summed E-state index contributed by atoms with van der Waals surface area (Å²) in [5.74, 6) is 0.155. The van der Waals surface area contributed by atoms with Gasteiger partial charge in [-0.3, -0.25) is 9.19 Å². The van der Waals surface area contributed by atoms with Crippen LogP contribution in [0.15, 0.2) is 54.9 Å². The number of benzene rings is 1. The minimum Gasteiger partial charge on any atom is -0.379 e. The highest BCUT2D eigenvalue weighted by Crippen LogP contribution is 2.29. The molecule has 94 valence electrons.